The van der Waals surface area contributed by atoms with Crippen LogP contribution in [0.25, 0.3) is 0 Å². The van der Waals surface area contributed by atoms with Gasteiger partial charge < -0.3 is 5.32 Å². The van der Waals surface area contributed by atoms with Crippen LogP contribution in [-0.4, -0.2) is 12.1 Å². The zero-order valence-corrected chi connectivity index (χ0v) is 14.3. The van der Waals surface area contributed by atoms with E-state index in [1.807, 2.05) is 11.3 Å². The van der Waals surface area contributed by atoms with E-state index in [0.29, 0.717) is 6.04 Å². The van der Waals surface area contributed by atoms with Gasteiger partial charge in [0.25, 0.3) is 0 Å². The molecule has 2 heteroatoms. The van der Waals surface area contributed by atoms with Gasteiger partial charge in [-0.3, -0.25) is 0 Å². The third kappa shape index (κ3) is 5.21. The van der Waals surface area contributed by atoms with Crippen molar-refractivity contribution < 1.29 is 0 Å². The fourth-order valence-electron chi connectivity index (χ4n) is 3.60. The van der Waals surface area contributed by atoms with E-state index in [1.165, 1.54) is 61.1 Å². The highest BCUT2D eigenvalue weighted by atomic mass is 32.1. The molecule has 1 aliphatic carbocycles. The lowest BCUT2D eigenvalue weighted by Gasteiger charge is -2.22. The van der Waals surface area contributed by atoms with Gasteiger partial charge in [-0.25, -0.2) is 0 Å². The molecule has 0 aromatic carbocycles. The highest BCUT2D eigenvalue weighted by Crippen LogP contribution is 2.27. The molecule has 20 heavy (non-hydrogen) atoms. The van der Waals surface area contributed by atoms with Crippen molar-refractivity contribution in [3.8, 4) is 0 Å². The van der Waals surface area contributed by atoms with Crippen LogP contribution in [0.2, 0.25) is 0 Å². The van der Waals surface area contributed by atoms with Gasteiger partial charge in [0, 0.05) is 21.8 Å². The topological polar surface area (TPSA) is 12.0 Å². The molecule has 114 valence electrons. The maximum absolute atomic E-state index is 3.89. The fourth-order valence-corrected chi connectivity index (χ4v) is 4.62. The molecule has 1 aromatic heterocycles. The average Bonchev–Trinajstić information content (AvgIpc) is 2.67. The van der Waals surface area contributed by atoms with Crippen LogP contribution < -0.4 is 5.32 Å². The Morgan fingerprint density at radius 2 is 2.10 bits per heavy atom. The van der Waals surface area contributed by atoms with Gasteiger partial charge in [-0.1, -0.05) is 32.6 Å². The summed E-state index contributed by atoms with van der Waals surface area (Å²) in [6.07, 6.45) is 11.1. The second-order valence-corrected chi connectivity index (χ2v) is 8.02. The second-order valence-electron chi connectivity index (χ2n) is 6.64. The van der Waals surface area contributed by atoms with E-state index < -0.39 is 0 Å². The first kappa shape index (κ1) is 16.0. The van der Waals surface area contributed by atoms with Crippen molar-refractivity contribution in [1.29, 1.82) is 0 Å². The standard InChI is InChI=1S/C18H31NS/c1-4-6-16-7-5-8-17(11-10-16)19-14(2)13-18-12-9-15(3)20-18/h9,12,14,16-17,19H,4-8,10-11,13H2,1-3H3. The Balaban J connectivity index is 1.75. The normalized spacial score (nSPS) is 25.4. The van der Waals surface area contributed by atoms with Gasteiger partial charge in [-0.2, -0.15) is 0 Å². The van der Waals surface area contributed by atoms with Crippen molar-refractivity contribution >= 4 is 11.3 Å². The Morgan fingerprint density at radius 3 is 2.80 bits per heavy atom. The van der Waals surface area contributed by atoms with Gasteiger partial charge in [0.15, 0.2) is 0 Å². The molecule has 1 heterocycles. The van der Waals surface area contributed by atoms with Gasteiger partial charge in [0.05, 0.1) is 0 Å². The largest absolute Gasteiger partial charge is 0.311 e. The van der Waals surface area contributed by atoms with Gasteiger partial charge in [-0.05, 0) is 57.6 Å². The predicted molar refractivity (Wildman–Crippen MR) is 90.6 cm³/mol. The lowest BCUT2D eigenvalue weighted by Crippen LogP contribution is -2.37. The number of hydrogen-bond donors (Lipinski definition) is 1. The quantitative estimate of drug-likeness (QED) is 0.699. The van der Waals surface area contributed by atoms with E-state index in [1.54, 1.807) is 0 Å². The Morgan fingerprint density at radius 1 is 1.25 bits per heavy atom. The van der Waals surface area contributed by atoms with E-state index in [-0.39, 0.29) is 0 Å². The summed E-state index contributed by atoms with van der Waals surface area (Å²) in [4.78, 5) is 2.96. The SMILES string of the molecule is CCCC1CCCC(NC(C)Cc2ccc(C)s2)CC1. The summed E-state index contributed by atoms with van der Waals surface area (Å²) in [6, 6.07) is 5.91. The maximum Gasteiger partial charge on any atom is 0.00896 e. The van der Waals surface area contributed by atoms with Crippen LogP contribution in [0.4, 0.5) is 0 Å². The molecule has 1 aliphatic rings. The molecule has 1 aromatic rings. The molecule has 2 rings (SSSR count). The molecular weight excluding hydrogens is 262 g/mol. The summed E-state index contributed by atoms with van der Waals surface area (Å²) < 4.78 is 0. The Kier molecular flexibility index (Phi) is 6.57. The summed E-state index contributed by atoms with van der Waals surface area (Å²) in [5.41, 5.74) is 0. The van der Waals surface area contributed by atoms with Crippen molar-refractivity contribution in [3.63, 3.8) is 0 Å². The van der Waals surface area contributed by atoms with E-state index >= 15 is 0 Å². The molecular formula is C18H31NS. The predicted octanol–water partition coefficient (Wildman–Crippen LogP) is 5.33. The molecule has 0 spiro atoms. The molecule has 3 unspecified atom stereocenters. The van der Waals surface area contributed by atoms with Crippen LogP contribution in [-0.2, 0) is 6.42 Å². The van der Waals surface area contributed by atoms with Crippen LogP contribution in [0.1, 0.15) is 68.5 Å². The minimum Gasteiger partial charge on any atom is -0.311 e. The van der Waals surface area contributed by atoms with Gasteiger partial charge in [0.1, 0.15) is 0 Å². The number of thiophene rings is 1. The molecule has 3 atom stereocenters. The van der Waals surface area contributed by atoms with Crippen molar-refractivity contribution in [1.82, 2.24) is 5.32 Å². The van der Waals surface area contributed by atoms with Crippen LogP contribution in [0.3, 0.4) is 0 Å². The molecule has 1 saturated carbocycles. The van der Waals surface area contributed by atoms with Gasteiger partial charge in [0.2, 0.25) is 0 Å². The molecule has 0 aliphatic heterocycles. The van der Waals surface area contributed by atoms with Gasteiger partial charge >= 0.3 is 0 Å². The van der Waals surface area contributed by atoms with Crippen LogP contribution in [0.5, 0.6) is 0 Å². The highest BCUT2D eigenvalue weighted by Gasteiger charge is 2.19. The third-order valence-corrected chi connectivity index (χ3v) is 5.63. The van der Waals surface area contributed by atoms with E-state index in [4.69, 9.17) is 0 Å². The number of nitrogens with one attached hydrogen (secondary N) is 1. The van der Waals surface area contributed by atoms with Crippen LogP contribution >= 0.6 is 11.3 Å². The summed E-state index contributed by atoms with van der Waals surface area (Å²) in [7, 11) is 0. The molecule has 1 nitrogen and oxygen atoms in total. The Labute approximate surface area is 129 Å². The molecule has 0 amide bonds. The zero-order chi connectivity index (χ0) is 14.4. The van der Waals surface area contributed by atoms with E-state index in [2.05, 4.69) is 38.2 Å². The maximum atomic E-state index is 3.89. The first-order chi connectivity index (χ1) is 9.67. The van der Waals surface area contributed by atoms with Crippen LogP contribution in [0, 0.1) is 12.8 Å². The minimum atomic E-state index is 0.612. The molecule has 0 radical (unpaired) electrons. The van der Waals surface area contributed by atoms with Gasteiger partial charge in [-0.15, -0.1) is 11.3 Å². The minimum absolute atomic E-state index is 0.612. The first-order valence-corrected chi connectivity index (χ1v) is 9.30. The lowest BCUT2D eigenvalue weighted by molar-refractivity contribution is 0.389. The van der Waals surface area contributed by atoms with Crippen molar-refractivity contribution in [2.24, 2.45) is 5.92 Å². The Bertz CT molecular complexity index is 385. The van der Waals surface area contributed by atoms with Crippen molar-refractivity contribution in [3.05, 3.63) is 21.9 Å². The fraction of sp³-hybridized carbons (Fsp3) is 0.778. The molecule has 0 bridgehead atoms. The van der Waals surface area contributed by atoms with Crippen molar-refractivity contribution in [2.45, 2.75) is 84.2 Å². The van der Waals surface area contributed by atoms with E-state index in [9.17, 15) is 0 Å². The first-order valence-electron chi connectivity index (χ1n) is 8.48. The van der Waals surface area contributed by atoms with Crippen molar-refractivity contribution in [2.75, 3.05) is 0 Å². The number of hydrogen-bond acceptors (Lipinski definition) is 2. The average molecular weight is 294 g/mol. The highest BCUT2D eigenvalue weighted by molar-refractivity contribution is 7.11. The number of aryl methyl sites for hydroxylation is 1. The summed E-state index contributed by atoms with van der Waals surface area (Å²) in [5, 5.41) is 3.89. The molecule has 1 N–H and O–H groups in total. The zero-order valence-electron chi connectivity index (χ0n) is 13.5. The summed E-state index contributed by atoms with van der Waals surface area (Å²) >= 11 is 1.95. The summed E-state index contributed by atoms with van der Waals surface area (Å²) in [5.74, 6) is 1.00. The summed E-state index contributed by atoms with van der Waals surface area (Å²) in [6.45, 7) is 6.88. The molecule has 0 saturated heterocycles. The monoisotopic (exact) mass is 293 g/mol. The van der Waals surface area contributed by atoms with E-state index in [0.717, 1.165) is 12.0 Å². The van der Waals surface area contributed by atoms with Crippen LogP contribution in [0.15, 0.2) is 12.1 Å². The third-order valence-electron chi connectivity index (χ3n) is 4.61. The second kappa shape index (κ2) is 8.19. The lowest BCUT2D eigenvalue weighted by atomic mass is 9.95. The number of rotatable bonds is 6. The molecule has 1 fully saturated rings. The Hall–Kier alpha value is -0.340. The smallest absolute Gasteiger partial charge is 0.00896 e.